The second-order valence-corrected chi connectivity index (χ2v) is 5.19. The Hall–Kier alpha value is -3.55. The van der Waals surface area contributed by atoms with Gasteiger partial charge < -0.3 is 19.7 Å². The monoisotopic (exact) mass is 358 g/mol. The Morgan fingerprint density at radius 2 is 1.92 bits per heavy atom. The summed E-state index contributed by atoms with van der Waals surface area (Å²) in [5.74, 6) is -1.38. The third-order valence-corrected chi connectivity index (χ3v) is 3.39. The van der Waals surface area contributed by atoms with Gasteiger partial charge in [0.25, 0.3) is 5.91 Å². The summed E-state index contributed by atoms with van der Waals surface area (Å²) in [5.41, 5.74) is 2.77. The van der Waals surface area contributed by atoms with Crippen molar-refractivity contribution in [2.75, 3.05) is 7.11 Å². The van der Waals surface area contributed by atoms with E-state index in [0.29, 0.717) is 11.3 Å². The molecule has 3 N–H and O–H groups in total. The number of methoxy groups -OCH3 is 1. The Labute approximate surface area is 149 Å². The van der Waals surface area contributed by atoms with Crippen molar-refractivity contribution in [3.63, 3.8) is 0 Å². The van der Waals surface area contributed by atoms with Crippen molar-refractivity contribution in [3.05, 3.63) is 53.6 Å². The van der Waals surface area contributed by atoms with Gasteiger partial charge in [0, 0.05) is 5.56 Å². The molecule has 8 nitrogen and oxygen atoms in total. The number of carbonyl (C=O) groups excluding carboxylic acids is 1. The van der Waals surface area contributed by atoms with Gasteiger partial charge in [0.2, 0.25) is 0 Å². The highest BCUT2D eigenvalue weighted by Gasteiger charge is 2.18. The number of nitrogens with one attached hydrogen (secondary N) is 1. The molecule has 0 saturated carbocycles. The van der Waals surface area contributed by atoms with E-state index in [-0.39, 0.29) is 17.1 Å². The second kappa shape index (κ2) is 8.52. The van der Waals surface area contributed by atoms with E-state index in [1.807, 2.05) is 0 Å². The second-order valence-electron chi connectivity index (χ2n) is 5.19. The van der Waals surface area contributed by atoms with Crippen LogP contribution in [-0.4, -0.2) is 41.5 Å². The number of phenolic OH excluding ortho intramolecular Hbond substituents is 1. The Balaban J connectivity index is 2.20. The van der Waals surface area contributed by atoms with Gasteiger partial charge in [-0.1, -0.05) is 18.2 Å². The van der Waals surface area contributed by atoms with Crippen molar-refractivity contribution in [2.45, 2.75) is 13.0 Å². The van der Waals surface area contributed by atoms with Crippen LogP contribution in [0.2, 0.25) is 0 Å². The molecule has 0 saturated heterocycles. The molecule has 0 bridgehead atoms. The number of hydrogen-bond donors (Lipinski definition) is 3. The number of ether oxygens (including phenoxy) is 2. The molecule has 0 spiro atoms. The molecule has 2 aromatic carbocycles. The van der Waals surface area contributed by atoms with Gasteiger partial charge in [0.1, 0.15) is 5.75 Å². The molecule has 136 valence electrons. The van der Waals surface area contributed by atoms with E-state index in [1.165, 1.54) is 32.4 Å². The SMILES string of the molecule is COc1cccc(/C=N/NC(=O)c2ccccc2O)c1O[C@H](C)C(=O)O. The fraction of sp³-hybridized carbons (Fsp3) is 0.167. The number of carbonyl (C=O) groups is 2. The number of rotatable bonds is 7. The summed E-state index contributed by atoms with van der Waals surface area (Å²) in [5, 5.41) is 22.5. The zero-order valence-electron chi connectivity index (χ0n) is 14.2. The fourth-order valence-electron chi connectivity index (χ4n) is 2.03. The van der Waals surface area contributed by atoms with Crippen LogP contribution in [0.1, 0.15) is 22.8 Å². The van der Waals surface area contributed by atoms with Crippen LogP contribution in [0.25, 0.3) is 0 Å². The number of aromatic hydroxyl groups is 1. The first-order chi connectivity index (χ1) is 12.4. The molecule has 2 rings (SSSR count). The molecule has 0 unspecified atom stereocenters. The number of amides is 1. The van der Waals surface area contributed by atoms with Gasteiger partial charge in [-0.2, -0.15) is 5.10 Å². The van der Waals surface area contributed by atoms with Crippen molar-refractivity contribution in [1.29, 1.82) is 0 Å². The first kappa shape index (κ1) is 18.8. The van der Waals surface area contributed by atoms with Gasteiger partial charge in [-0.15, -0.1) is 0 Å². The van der Waals surface area contributed by atoms with E-state index < -0.39 is 18.0 Å². The van der Waals surface area contributed by atoms with Crippen molar-refractivity contribution in [3.8, 4) is 17.2 Å². The molecule has 0 aliphatic heterocycles. The summed E-state index contributed by atoms with van der Waals surface area (Å²) < 4.78 is 10.6. The minimum absolute atomic E-state index is 0.0752. The van der Waals surface area contributed by atoms with Gasteiger partial charge in [0.15, 0.2) is 17.6 Å². The third kappa shape index (κ3) is 4.50. The van der Waals surface area contributed by atoms with E-state index in [1.54, 1.807) is 30.3 Å². The molecular formula is C18H18N2O6. The van der Waals surface area contributed by atoms with Gasteiger partial charge in [-0.25, -0.2) is 10.2 Å². The fourth-order valence-corrected chi connectivity index (χ4v) is 2.03. The molecule has 2 aromatic rings. The van der Waals surface area contributed by atoms with Gasteiger partial charge in [-0.3, -0.25) is 4.79 Å². The van der Waals surface area contributed by atoms with E-state index in [9.17, 15) is 14.7 Å². The number of para-hydroxylation sites is 2. The maximum atomic E-state index is 12.0. The Kier molecular flexibility index (Phi) is 6.15. The van der Waals surface area contributed by atoms with Gasteiger partial charge in [-0.05, 0) is 31.2 Å². The summed E-state index contributed by atoms with van der Waals surface area (Å²) in [6, 6.07) is 11.0. The minimum atomic E-state index is -1.13. The summed E-state index contributed by atoms with van der Waals surface area (Å²) in [6.07, 6.45) is 0.193. The number of nitrogens with zero attached hydrogens (tertiary/aromatic N) is 1. The average Bonchev–Trinajstić information content (AvgIpc) is 2.62. The molecule has 8 heteroatoms. The van der Waals surface area contributed by atoms with Crippen LogP contribution in [0.3, 0.4) is 0 Å². The maximum Gasteiger partial charge on any atom is 0.344 e. The van der Waals surface area contributed by atoms with Crippen molar-refractivity contribution in [1.82, 2.24) is 5.43 Å². The molecule has 1 amide bonds. The average molecular weight is 358 g/mol. The third-order valence-electron chi connectivity index (χ3n) is 3.39. The lowest BCUT2D eigenvalue weighted by Crippen LogP contribution is -2.24. The summed E-state index contributed by atoms with van der Waals surface area (Å²) in [7, 11) is 1.43. The van der Waals surface area contributed by atoms with E-state index in [0.717, 1.165) is 0 Å². The lowest BCUT2D eigenvalue weighted by Gasteiger charge is -2.15. The molecule has 0 aliphatic carbocycles. The minimum Gasteiger partial charge on any atom is -0.507 e. The zero-order chi connectivity index (χ0) is 19.1. The topological polar surface area (TPSA) is 117 Å². The first-order valence-corrected chi connectivity index (χ1v) is 7.62. The standard InChI is InChI=1S/C18H18N2O6/c1-11(18(23)24)26-16-12(6-5-9-15(16)25-2)10-19-20-17(22)13-7-3-4-8-14(13)21/h3-11,21H,1-2H3,(H,20,22)(H,23,24)/b19-10+/t11-/m1/s1. The summed E-state index contributed by atoms with van der Waals surface area (Å²) >= 11 is 0. The van der Waals surface area contributed by atoms with Crippen molar-refractivity contribution < 1.29 is 29.3 Å². The largest absolute Gasteiger partial charge is 0.507 e. The predicted octanol–water partition coefficient (Wildman–Crippen LogP) is 2.02. The van der Waals surface area contributed by atoms with Crippen LogP contribution in [0.4, 0.5) is 0 Å². The quantitative estimate of drug-likeness (QED) is 0.515. The maximum absolute atomic E-state index is 12.0. The number of phenols is 1. The number of hydrazone groups is 1. The van der Waals surface area contributed by atoms with Crippen LogP contribution in [0, 0.1) is 0 Å². The molecule has 26 heavy (non-hydrogen) atoms. The van der Waals surface area contributed by atoms with E-state index in [4.69, 9.17) is 14.6 Å². The molecule has 0 heterocycles. The molecule has 1 atom stereocenters. The molecular weight excluding hydrogens is 340 g/mol. The Morgan fingerprint density at radius 1 is 1.19 bits per heavy atom. The number of benzene rings is 2. The predicted molar refractivity (Wildman–Crippen MR) is 93.9 cm³/mol. The van der Waals surface area contributed by atoms with Gasteiger partial charge in [0.05, 0.1) is 18.9 Å². The number of carboxylic acids is 1. The lowest BCUT2D eigenvalue weighted by atomic mass is 10.2. The Bertz CT molecular complexity index is 834. The van der Waals surface area contributed by atoms with Crippen LogP contribution in [0.15, 0.2) is 47.6 Å². The normalized spacial score (nSPS) is 11.8. The van der Waals surface area contributed by atoms with Crippen molar-refractivity contribution >= 4 is 18.1 Å². The number of aliphatic carboxylic acids is 1. The first-order valence-electron chi connectivity index (χ1n) is 7.62. The smallest absolute Gasteiger partial charge is 0.344 e. The Morgan fingerprint density at radius 3 is 2.58 bits per heavy atom. The van der Waals surface area contributed by atoms with Crippen LogP contribution >= 0.6 is 0 Å². The molecule has 0 fully saturated rings. The van der Waals surface area contributed by atoms with Gasteiger partial charge >= 0.3 is 5.97 Å². The van der Waals surface area contributed by atoms with Crippen LogP contribution in [0.5, 0.6) is 17.2 Å². The molecule has 0 radical (unpaired) electrons. The molecule has 0 aliphatic rings. The lowest BCUT2D eigenvalue weighted by molar-refractivity contribution is -0.144. The van der Waals surface area contributed by atoms with Crippen molar-refractivity contribution in [2.24, 2.45) is 5.10 Å². The highest BCUT2D eigenvalue weighted by atomic mass is 16.5. The summed E-state index contributed by atoms with van der Waals surface area (Å²) in [6.45, 7) is 1.38. The van der Waals surface area contributed by atoms with Crippen LogP contribution in [-0.2, 0) is 4.79 Å². The highest BCUT2D eigenvalue weighted by molar-refractivity contribution is 5.97. The van der Waals surface area contributed by atoms with Crippen LogP contribution < -0.4 is 14.9 Å². The molecule has 0 aromatic heterocycles. The number of hydrogen-bond acceptors (Lipinski definition) is 6. The number of carboxylic acid groups (broad SMARTS) is 1. The zero-order valence-corrected chi connectivity index (χ0v) is 14.2. The van der Waals surface area contributed by atoms with E-state index in [2.05, 4.69) is 10.5 Å². The summed E-state index contributed by atoms with van der Waals surface area (Å²) in [4.78, 5) is 23.0. The van der Waals surface area contributed by atoms with E-state index >= 15 is 0 Å². The highest BCUT2D eigenvalue weighted by Crippen LogP contribution is 2.31.